The monoisotopic (exact) mass is 284 g/mol. The fraction of sp³-hybridized carbons (Fsp3) is 0.933. The minimum absolute atomic E-state index is 0.210. The highest BCUT2D eigenvalue weighted by Gasteiger charge is 2.23. The lowest BCUT2D eigenvalue weighted by atomic mass is 9.95. The Bertz CT molecular complexity index is 291. The van der Waals surface area contributed by atoms with Gasteiger partial charge in [0.2, 0.25) is 5.91 Å². The molecule has 0 aromatic heterocycles. The zero-order valence-corrected chi connectivity index (χ0v) is 12.4. The molecule has 1 atom stereocenters. The summed E-state index contributed by atoms with van der Waals surface area (Å²) in [5, 5.41) is 12.3. The molecule has 2 N–H and O–H groups in total. The number of rotatable bonds is 6. The minimum Gasteiger partial charge on any atom is -0.396 e. The van der Waals surface area contributed by atoms with Crippen LogP contribution in [0.4, 0.5) is 0 Å². The maximum atomic E-state index is 12.2. The van der Waals surface area contributed by atoms with Gasteiger partial charge in [0, 0.05) is 19.7 Å². The first-order valence-corrected chi connectivity index (χ1v) is 8.00. The van der Waals surface area contributed by atoms with Crippen LogP contribution in [0.25, 0.3) is 0 Å². The van der Waals surface area contributed by atoms with Crippen molar-refractivity contribution in [1.82, 2.24) is 10.2 Å². The zero-order valence-electron chi connectivity index (χ0n) is 12.4. The SMILES string of the molecule is O=C(CCOC1CCNCC1)N1CCCC(CCO)C1. The number of ether oxygens (including phenoxy) is 1. The van der Waals surface area contributed by atoms with E-state index in [1.165, 1.54) is 0 Å². The van der Waals surface area contributed by atoms with Crippen LogP contribution in [0.2, 0.25) is 0 Å². The average Bonchev–Trinajstić information content (AvgIpc) is 2.49. The first-order chi connectivity index (χ1) is 9.79. The van der Waals surface area contributed by atoms with Gasteiger partial charge >= 0.3 is 0 Å². The van der Waals surface area contributed by atoms with Crippen molar-refractivity contribution in [3.05, 3.63) is 0 Å². The largest absolute Gasteiger partial charge is 0.396 e. The summed E-state index contributed by atoms with van der Waals surface area (Å²) in [4.78, 5) is 14.1. The average molecular weight is 284 g/mol. The van der Waals surface area contributed by atoms with E-state index in [4.69, 9.17) is 9.84 Å². The van der Waals surface area contributed by atoms with Crippen molar-refractivity contribution in [1.29, 1.82) is 0 Å². The number of nitrogens with one attached hydrogen (secondary N) is 1. The topological polar surface area (TPSA) is 61.8 Å². The fourth-order valence-corrected chi connectivity index (χ4v) is 3.14. The lowest BCUT2D eigenvalue weighted by molar-refractivity contribution is -0.134. The number of carbonyl (C=O) groups is 1. The summed E-state index contributed by atoms with van der Waals surface area (Å²) in [6.07, 6.45) is 5.94. The van der Waals surface area contributed by atoms with Gasteiger partial charge in [-0.05, 0) is 51.1 Å². The zero-order chi connectivity index (χ0) is 14.2. The highest BCUT2D eigenvalue weighted by Crippen LogP contribution is 2.20. The van der Waals surface area contributed by atoms with Crippen molar-refractivity contribution in [2.24, 2.45) is 5.92 Å². The quantitative estimate of drug-likeness (QED) is 0.756. The molecule has 2 aliphatic rings. The van der Waals surface area contributed by atoms with Crippen LogP contribution in [-0.2, 0) is 9.53 Å². The van der Waals surface area contributed by atoms with Crippen LogP contribution in [0.15, 0.2) is 0 Å². The van der Waals surface area contributed by atoms with Crippen LogP contribution in [0.5, 0.6) is 0 Å². The van der Waals surface area contributed by atoms with Gasteiger partial charge in [0.15, 0.2) is 0 Å². The van der Waals surface area contributed by atoms with Crippen LogP contribution in [0, 0.1) is 5.92 Å². The first-order valence-electron chi connectivity index (χ1n) is 8.00. The number of hydrogen-bond acceptors (Lipinski definition) is 4. The van der Waals surface area contributed by atoms with Crippen molar-refractivity contribution in [3.8, 4) is 0 Å². The molecular formula is C15H28N2O3. The van der Waals surface area contributed by atoms with E-state index in [-0.39, 0.29) is 12.5 Å². The molecule has 5 nitrogen and oxygen atoms in total. The van der Waals surface area contributed by atoms with Gasteiger partial charge in [-0.2, -0.15) is 0 Å². The number of nitrogens with zero attached hydrogens (tertiary/aromatic N) is 1. The Morgan fingerprint density at radius 1 is 1.30 bits per heavy atom. The Morgan fingerprint density at radius 3 is 2.85 bits per heavy atom. The number of carbonyl (C=O) groups excluding carboxylic acids is 1. The maximum absolute atomic E-state index is 12.2. The summed E-state index contributed by atoms with van der Waals surface area (Å²) in [6, 6.07) is 0. The standard InChI is InChI=1S/C15H28N2O3/c18-10-5-13-2-1-9-17(12-13)15(19)6-11-20-14-3-7-16-8-4-14/h13-14,16,18H,1-12H2. The fourth-order valence-electron chi connectivity index (χ4n) is 3.14. The van der Waals surface area contributed by atoms with Gasteiger partial charge in [0.1, 0.15) is 0 Å². The van der Waals surface area contributed by atoms with E-state index in [0.717, 1.165) is 58.3 Å². The van der Waals surface area contributed by atoms with Gasteiger partial charge in [-0.1, -0.05) is 0 Å². The van der Waals surface area contributed by atoms with Crippen LogP contribution in [-0.4, -0.2) is 61.4 Å². The highest BCUT2D eigenvalue weighted by atomic mass is 16.5. The van der Waals surface area contributed by atoms with Gasteiger partial charge in [-0.3, -0.25) is 4.79 Å². The molecule has 0 aromatic rings. The molecule has 0 spiro atoms. The molecule has 2 saturated heterocycles. The first kappa shape index (κ1) is 15.7. The Kier molecular flexibility index (Phi) is 6.76. The van der Waals surface area contributed by atoms with Crippen molar-refractivity contribution in [3.63, 3.8) is 0 Å². The summed E-state index contributed by atoms with van der Waals surface area (Å²) in [5.74, 6) is 0.685. The van der Waals surface area contributed by atoms with Crippen LogP contribution in [0.1, 0.15) is 38.5 Å². The summed E-state index contributed by atoms with van der Waals surface area (Å²) in [7, 11) is 0. The van der Waals surface area contributed by atoms with Crippen LogP contribution in [0.3, 0.4) is 0 Å². The second kappa shape index (κ2) is 8.60. The van der Waals surface area contributed by atoms with E-state index >= 15 is 0 Å². The summed E-state index contributed by atoms with van der Waals surface area (Å²) in [6.45, 7) is 4.50. The molecule has 0 aliphatic carbocycles. The third-order valence-electron chi connectivity index (χ3n) is 4.36. The Hall–Kier alpha value is -0.650. The third kappa shape index (κ3) is 5.04. The van der Waals surface area contributed by atoms with Gasteiger partial charge in [-0.25, -0.2) is 0 Å². The normalized spacial score (nSPS) is 24.9. The molecule has 20 heavy (non-hydrogen) atoms. The Morgan fingerprint density at radius 2 is 2.10 bits per heavy atom. The van der Waals surface area contributed by atoms with Gasteiger partial charge in [0.25, 0.3) is 0 Å². The number of aliphatic hydroxyl groups excluding tert-OH is 1. The smallest absolute Gasteiger partial charge is 0.224 e. The predicted molar refractivity (Wildman–Crippen MR) is 77.5 cm³/mol. The van der Waals surface area contributed by atoms with E-state index in [9.17, 15) is 4.79 Å². The second-order valence-electron chi connectivity index (χ2n) is 5.93. The molecule has 2 heterocycles. The minimum atomic E-state index is 0.210. The number of likely N-dealkylation sites (tertiary alicyclic amines) is 1. The number of piperidine rings is 2. The van der Waals surface area contributed by atoms with E-state index < -0.39 is 0 Å². The third-order valence-corrected chi connectivity index (χ3v) is 4.36. The molecule has 2 rings (SSSR count). The molecular weight excluding hydrogens is 256 g/mol. The Labute approximate surface area is 121 Å². The summed E-state index contributed by atoms with van der Waals surface area (Å²) < 4.78 is 5.79. The van der Waals surface area contributed by atoms with Crippen molar-refractivity contribution in [2.45, 2.75) is 44.6 Å². The molecule has 0 saturated carbocycles. The number of amides is 1. The maximum Gasteiger partial charge on any atom is 0.224 e. The lowest BCUT2D eigenvalue weighted by Gasteiger charge is -2.33. The van der Waals surface area contributed by atoms with Gasteiger partial charge in [-0.15, -0.1) is 0 Å². The predicted octanol–water partition coefficient (Wildman–Crippen LogP) is 0.766. The molecule has 116 valence electrons. The van der Waals surface area contributed by atoms with Crippen LogP contribution >= 0.6 is 0 Å². The lowest BCUT2D eigenvalue weighted by Crippen LogP contribution is -2.40. The second-order valence-corrected chi connectivity index (χ2v) is 5.93. The van der Waals surface area contributed by atoms with Crippen molar-refractivity contribution >= 4 is 5.91 Å². The summed E-state index contributed by atoms with van der Waals surface area (Å²) >= 11 is 0. The van der Waals surface area contributed by atoms with Gasteiger partial charge in [0.05, 0.1) is 19.1 Å². The molecule has 0 bridgehead atoms. The Balaban J connectivity index is 1.63. The van der Waals surface area contributed by atoms with E-state index in [1.807, 2.05) is 4.90 Å². The van der Waals surface area contributed by atoms with Crippen LogP contribution < -0.4 is 5.32 Å². The molecule has 0 aromatic carbocycles. The van der Waals surface area contributed by atoms with E-state index in [1.54, 1.807) is 0 Å². The summed E-state index contributed by atoms with van der Waals surface area (Å²) in [5.41, 5.74) is 0. The molecule has 1 amide bonds. The van der Waals surface area contributed by atoms with E-state index in [0.29, 0.717) is 25.0 Å². The molecule has 1 unspecified atom stereocenters. The molecule has 2 fully saturated rings. The van der Waals surface area contributed by atoms with E-state index in [2.05, 4.69) is 5.32 Å². The number of aliphatic hydroxyl groups is 1. The molecule has 2 aliphatic heterocycles. The molecule has 5 heteroatoms. The van der Waals surface area contributed by atoms with Gasteiger partial charge < -0.3 is 20.1 Å². The molecule has 0 radical (unpaired) electrons. The van der Waals surface area contributed by atoms with Crippen molar-refractivity contribution in [2.75, 3.05) is 39.4 Å². The van der Waals surface area contributed by atoms with Crippen molar-refractivity contribution < 1.29 is 14.6 Å². The number of hydrogen-bond donors (Lipinski definition) is 2. The highest BCUT2D eigenvalue weighted by molar-refractivity contribution is 5.76.